The molecule has 0 atom stereocenters. The summed E-state index contributed by atoms with van der Waals surface area (Å²) in [6.07, 6.45) is 12.0. The maximum absolute atomic E-state index is 4.17. The fraction of sp³-hybridized carbons (Fsp3) is 0.545. The van der Waals surface area contributed by atoms with E-state index in [0.717, 1.165) is 0 Å². The first-order valence-corrected chi connectivity index (χ1v) is 4.88. The van der Waals surface area contributed by atoms with Gasteiger partial charge in [0.25, 0.3) is 0 Å². The van der Waals surface area contributed by atoms with Crippen LogP contribution in [0.3, 0.4) is 0 Å². The Bertz CT molecular complexity index is 228. The lowest BCUT2D eigenvalue weighted by Crippen LogP contribution is -1.99. The van der Waals surface area contributed by atoms with Gasteiger partial charge in [0.05, 0.1) is 0 Å². The molecule has 0 radical (unpaired) electrons. The Morgan fingerprint density at radius 3 is 2.50 bits per heavy atom. The number of hydrogen-bond acceptors (Lipinski definition) is 1. The van der Waals surface area contributed by atoms with E-state index in [-0.39, 0.29) is 0 Å². The lowest BCUT2D eigenvalue weighted by atomic mass is 9.95. The molecule has 0 amide bonds. The summed E-state index contributed by atoms with van der Waals surface area (Å²) in [4.78, 5) is 4.17. The highest BCUT2D eigenvalue weighted by Crippen LogP contribution is 2.18. The molecule has 0 fully saturated rings. The SMILES string of the molecule is c1cc2c(cn1)CCCCCC2. The third-order valence-electron chi connectivity index (χ3n) is 2.65. The molecule has 1 aromatic rings. The van der Waals surface area contributed by atoms with Crippen molar-refractivity contribution in [1.29, 1.82) is 0 Å². The lowest BCUT2D eigenvalue weighted by Gasteiger charge is -2.11. The van der Waals surface area contributed by atoms with Gasteiger partial charge in [-0.15, -0.1) is 0 Å². The predicted molar refractivity (Wildman–Crippen MR) is 50.1 cm³/mol. The molecule has 12 heavy (non-hydrogen) atoms. The van der Waals surface area contributed by atoms with Gasteiger partial charge in [0, 0.05) is 12.4 Å². The van der Waals surface area contributed by atoms with Crippen LogP contribution in [-0.2, 0) is 12.8 Å². The number of pyridine rings is 1. The van der Waals surface area contributed by atoms with E-state index < -0.39 is 0 Å². The predicted octanol–water partition coefficient (Wildman–Crippen LogP) is 2.74. The number of hydrogen-bond donors (Lipinski definition) is 0. The number of aryl methyl sites for hydroxylation is 2. The molecule has 0 saturated carbocycles. The van der Waals surface area contributed by atoms with Gasteiger partial charge in [0.2, 0.25) is 0 Å². The second-order valence-corrected chi connectivity index (χ2v) is 3.56. The minimum Gasteiger partial charge on any atom is -0.264 e. The van der Waals surface area contributed by atoms with Crippen molar-refractivity contribution in [3.05, 3.63) is 29.6 Å². The quantitative estimate of drug-likeness (QED) is 0.570. The molecule has 1 aromatic heterocycles. The van der Waals surface area contributed by atoms with Crippen LogP contribution >= 0.6 is 0 Å². The standard InChI is InChI=1S/C11H15N/c1-2-4-6-11-9-12-8-7-10(11)5-3-1/h7-9H,1-6H2. The summed E-state index contributed by atoms with van der Waals surface area (Å²) in [6.45, 7) is 0. The van der Waals surface area contributed by atoms with E-state index in [4.69, 9.17) is 0 Å². The molecule has 1 heterocycles. The van der Waals surface area contributed by atoms with E-state index in [1.807, 2.05) is 12.4 Å². The first-order chi connectivity index (χ1) is 5.97. The first kappa shape index (κ1) is 7.78. The van der Waals surface area contributed by atoms with E-state index in [1.165, 1.54) is 49.7 Å². The van der Waals surface area contributed by atoms with Crippen molar-refractivity contribution >= 4 is 0 Å². The molecule has 0 aliphatic heterocycles. The first-order valence-electron chi connectivity index (χ1n) is 4.88. The van der Waals surface area contributed by atoms with Crippen molar-refractivity contribution in [2.45, 2.75) is 38.5 Å². The maximum atomic E-state index is 4.17. The molecule has 0 saturated heterocycles. The fourth-order valence-corrected chi connectivity index (χ4v) is 1.91. The zero-order chi connectivity index (χ0) is 8.23. The number of fused-ring (bicyclic) bond motifs is 1. The second-order valence-electron chi connectivity index (χ2n) is 3.56. The highest BCUT2D eigenvalue weighted by Gasteiger charge is 2.05. The third-order valence-corrected chi connectivity index (χ3v) is 2.65. The molecule has 1 nitrogen and oxygen atoms in total. The maximum Gasteiger partial charge on any atom is 0.0302 e. The van der Waals surface area contributed by atoms with Crippen LogP contribution in [0.25, 0.3) is 0 Å². The van der Waals surface area contributed by atoms with Gasteiger partial charge >= 0.3 is 0 Å². The number of aromatic nitrogens is 1. The van der Waals surface area contributed by atoms with E-state index >= 15 is 0 Å². The summed E-state index contributed by atoms with van der Waals surface area (Å²) in [5, 5.41) is 0. The molecule has 1 aliphatic rings. The van der Waals surface area contributed by atoms with Crippen LogP contribution in [0.4, 0.5) is 0 Å². The fourth-order valence-electron chi connectivity index (χ4n) is 1.91. The minimum atomic E-state index is 1.24. The van der Waals surface area contributed by atoms with Crippen molar-refractivity contribution in [2.24, 2.45) is 0 Å². The Morgan fingerprint density at radius 2 is 1.67 bits per heavy atom. The molecule has 0 aromatic carbocycles. The number of nitrogens with zero attached hydrogens (tertiary/aromatic N) is 1. The summed E-state index contributed by atoms with van der Waals surface area (Å²) in [5.41, 5.74) is 3.02. The largest absolute Gasteiger partial charge is 0.264 e. The normalized spacial score (nSPS) is 17.7. The second kappa shape index (κ2) is 3.70. The van der Waals surface area contributed by atoms with Gasteiger partial charge < -0.3 is 0 Å². The van der Waals surface area contributed by atoms with Gasteiger partial charge in [-0.3, -0.25) is 4.98 Å². The van der Waals surface area contributed by atoms with Crippen molar-refractivity contribution in [1.82, 2.24) is 4.98 Å². The molecule has 0 N–H and O–H groups in total. The van der Waals surface area contributed by atoms with Crippen molar-refractivity contribution in [3.8, 4) is 0 Å². The third kappa shape index (κ3) is 1.66. The molecular formula is C11H15N. The van der Waals surface area contributed by atoms with Crippen molar-refractivity contribution in [3.63, 3.8) is 0 Å². The van der Waals surface area contributed by atoms with Crippen LogP contribution in [0.1, 0.15) is 36.8 Å². The highest BCUT2D eigenvalue weighted by molar-refractivity contribution is 5.23. The average Bonchev–Trinajstić information content (AvgIpc) is 2.06. The molecule has 64 valence electrons. The molecule has 1 heteroatoms. The summed E-state index contributed by atoms with van der Waals surface area (Å²) >= 11 is 0. The molecule has 0 unspecified atom stereocenters. The van der Waals surface area contributed by atoms with Gasteiger partial charge in [-0.25, -0.2) is 0 Å². The summed E-state index contributed by atoms with van der Waals surface area (Å²) < 4.78 is 0. The van der Waals surface area contributed by atoms with Crippen molar-refractivity contribution in [2.75, 3.05) is 0 Å². The minimum absolute atomic E-state index is 1.24. The van der Waals surface area contributed by atoms with Crippen molar-refractivity contribution < 1.29 is 0 Å². The van der Waals surface area contributed by atoms with Gasteiger partial charge in [0.1, 0.15) is 0 Å². The topological polar surface area (TPSA) is 12.9 Å². The van der Waals surface area contributed by atoms with Gasteiger partial charge in [0.15, 0.2) is 0 Å². The summed E-state index contributed by atoms with van der Waals surface area (Å²) in [5.74, 6) is 0. The summed E-state index contributed by atoms with van der Waals surface area (Å²) in [7, 11) is 0. The van der Waals surface area contributed by atoms with Crippen LogP contribution in [0.15, 0.2) is 18.5 Å². The van der Waals surface area contributed by atoms with Gasteiger partial charge in [-0.2, -0.15) is 0 Å². The Balaban J connectivity index is 2.24. The molecule has 1 aliphatic carbocycles. The zero-order valence-corrected chi connectivity index (χ0v) is 7.42. The van der Waals surface area contributed by atoms with Crippen LogP contribution in [0, 0.1) is 0 Å². The Hall–Kier alpha value is -0.850. The van der Waals surface area contributed by atoms with E-state index in [0.29, 0.717) is 0 Å². The molecular weight excluding hydrogens is 146 g/mol. The molecule has 0 spiro atoms. The van der Waals surface area contributed by atoms with E-state index in [9.17, 15) is 0 Å². The van der Waals surface area contributed by atoms with Gasteiger partial charge in [-0.1, -0.05) is 12.8 Å². The smallest absolute Gasteiger partial charge is 0.0302 e. The lowest BCUT2D eigenvalue weighted by molar-refractivity contribution is 0.615. The van der Waals surface area contributed by atoms with Crippen LogP contribution < -0.4 is 0 Å². The molecule has 2 rings (SSSR count). The van der Waals surface area contributed by atoms with E-state index in [1.54, 1.807) is 0 Å². The zero-order valence-electron chi connectivity index (χ0n) is 7.42. The molecule has 0 bridgehead atoms. The average molecular weight is 161 g/mol. The van der Waals surface area contributed by atoms with Crippen LogP contribution in [-0.4, -0.2) is 4.98 Å². The number of rotatable bonds is 0. The highest BCUT2D eigenvalue weighted by atomic mass is 14.6. The summed E-state index contributed by atoms with van der Waals surface area (Å²) in [6, 6.07) is 2.18. The van der Waals surface area contributed by atoms with Crippen LogP contribution in [0.5, 0.6) is 0 Å². The monoisotopic (exact) mass is 161 g/mol. The van der Waals surface area contributed by atoms with Crippen LogP contribution in [0.2, 0.25) is 0 Å². The van der Waals surface area contributed by atoms with Gasteiger partial charge in [-0.05, 0) is 42.9 Å². The van der Waals surface area contributed by atoms with E-state index in [2.05, 4.69) is 11.1 Å². The Labute approximate surface area is 73.8 Å². The Morgan fingerprint density at radius 1 is 0.917 bits per heavy atom. The Kier molecular flexibility index (Phi) is 2.40.